The van der Waals surface area contributed by atoms with Crippen molar-refractivity contribution in [3.8, 4) is 5.75 Å². The van der Waals surface area contributed by atoms with Gasteiger partial charge in [-0.1, -0.05) is 12.1 Å². The highest BCUT2D eigenvalue weighted by Crippen LogP contribution is 2.38. The fourth-order valence-corrected chi connectivity index (χ4v) is 2.68. The zero-order valence-electron chi connectivity index (χ0n) is 11.6. The quantitative estimate of drug-likeness (QED) is 0.901. The SMILES string of the molecule is CCOc1ccc([C@@H]2CC(=O)Nc3n[nH]c(C)c32)cc1. The first kappa shape index (κ1) is 12.7. The van der Waals surface area contributed by atoms with Gasteiger partial charge in [0, 0.05) is 23.6 Å². The molecule has 20 heavy (non-hydrogen) atoms. The molecule has 2 heterocycles. The molecule has 1 aromatic carbocycles. The van der Waals surface area contributed by atoms with Gasteiger partial charge in [-0.15, -0.1) is 0 Å². The number of nitrogens with one attached hydrogen (secondary N) is 2. The van der Waals surface area contributed by atoms with E-state index in [9.17, 15) is 4.79 Å². The van der Waals surface area contributed by atoms with Crippen LogP contribution in [0.15, 0.2) is 24.3 Å². The molecular weight excluding hydrogens is 254 g/mol. The average Bonchev–Trinajstić information content (AvgIpc) is 2.81. The number of hydrogen-bond donors (Lipinski definition) is 2. The van der Waals surface area contributed by atoms with Crippen molar-refractivity contribution in [3.63, 3.8) is 0 Å². The summed E-state index contributed by atoms with van der Waals surface area (Å²) in [6.07, 6.45) is 0.446. The van der Waals surface area contributed by atoms with Crippen molar-refractivity contribution in [1.82, 2.24) is 10.2 Å². The summed E-state index contributed by atoms with van der Waals surface area (Å²) in [5.74, 6) is 1.55. The number of fused-ring (bicyclic) bond motifs is 1. The van der Waals surface area contributed by atoms with Crippen LogP contribution < -0.4 is 10.1 Å². The van der Waals surface area contributed by atoms with Crippen LogP contribution >= 0.6 is 0 Å². The Bertz CT molecular complexity index is 631. The van der Waals surface area contributed by atoms with Crippen molar-refractivity contribution in [2.75, 3.05) is 11.9 Å². The van der Waals surface area contributed by atoms with Crippen LogP contribution in [-0.4, -0.2) is 22.7 Å². The number of aromatic nitrogens is 2. The lowest BCUT2D eigenvalue weighted by atomic mass is 9.86. The van der Waals surface area contributed by atoms with E-state index in [4.69, 9.17) is 4.74 Å². The van der Waals surface area contributed by atoms with Gasteiger partial charge in [-0.2, -0.15) is 5.10 Å². The first-order valence-corrected chi connectivity index (χ1v) is 6.76. The highest BCUT2D eigenvalue weighted by atomic mass is 16.5. The van der Waals surface area contributed by atoms with Gasteiger partial charge in [-0.05, 0) is 31.5 Å². The molecule has 0 aliphatic carbocycles. The third-order valence-electron chi connectivity index (χ3n) is 3.58. The van der Waals surface area contributed by atoms with Crippen LogP contribution in [0.25, 0.3) is 0 Å². The van der Waals surface area contributed by atoms with Gasteiger partial charge in [0.2, 0.25) is 5.91 Å². The summed E-state index contributed by atoms with van der Waals surface area (Å²) in [6, 6.07) is 7.93. The Morgan fingerprint density at radius 3 is 2.80 bits per heavy atom. The topological polar surface area (TPSA) is 67.0 Å². The number of benzene rings is 1. The highest BCUT2D eigenvalue weighted by Gasteiger charge is 2.30. The molecule has 0 unspecified atom stereocenters. The molecule has 1 aliphatic heterocycles. The van der Waals surface area contributed by atoms with E-state index < -0.39 is 0 Å². The van der Waals surface area contributed by atoms with Crippen molar-refractivity contribution < 1.29 is 9.53 Å². The number of carbonyl (C=O) groups is 1. The van der Waals surface area contributed by atoms with Crippen molar-refractivity contribution in [3.05, 3.63) is 41.1 Å². The Kier molecular flexibility index (Phi) is 3.18. The number of hydrogen-bond acceptors (Lipinski definition) is 3. The summed E-state index contributed by atoms with van der Waals surface area (Å²) >= 11 is 0. The predicted octanol–water partition coefficient (Wildman–Crippen LogP) is 2.59. The number of nitrogens with zero attached hydrogens (tertiary/aromatic N) is 1. The van der Waals surface area contributed by atoms with Gasteiger partial charge in [0.25, 0.3) is 0 Å². The Labute approximate surface area is 117 Å². The van der Waals surface area contributed by atoms with Gasteiger partial charge in [0.05, 0.1) is 6.61 Å². The Balaban J connectivity index is 1.97. The number of aryl methyl sites for hydroxylation is 1. The van der Waals surface area contributed by atoms with Crippen molar-refractivity contribution >= 4 is 11.7 Å². The molecule has 0 spiro atoms. The van der Waals surface area contributed by atoms with Gasteiger partial charge >= 0.3 is 0 Å². The lowest BCUT2D eigenvalue weighted by molar-refractivity contribution is -0.116. The van der Waals surface area contributed by atoms with E-state index in [0.29, 0.717) is 18.8 Å². The second-order valence-corrected chi connectivity index (χ2v) is 4.92. The molecule has 1 aromatic heterocycles. The number of ether oxygens (including phenoxy) is 1. The highest BCUT2D eigenvalue weighted by molar-refractivity contribution is 5.94. The standard InChI is InChI=1S/C15H17N3O2/c1-3-20-11-6-4-10(5-7-11)12-8-13(19)16-15-14(12)9(2)17-18-15/h4-7,12H,3,8H2,1-2H3,(H2,16,17,18,19)/t12-/m0/s1. The first-order valence-electron chi connectivity index (χ1n) is 6.76. The van der Waals surface area contributed by atoms with Crippen LogP contribution in [0.1, 0.15) is 36.1 Å². The summed E-state index contributed by atoms with van der Waals surface area (Å²) in [6.45, 7) is 4.58. The van der Waals surface area contributed by atoms with E-state index in [0.717, 1.165) is 22.6 Å². The Morgan fingerprint density at radius 1 is 1.35 bits per heavy atom. The van der Waals surface area contributed by atoms with Crippen LogP contribution in [0.2, 0.25) is 0 Å². The molecule has 1 atom stereocenters. The molecular formula is C15H17N3O2. The average molecular weight is 271 g/mol. The van der Waals surface area contributed by atoms with Gasteiger partial charge in [0.1, 0.15) is 5.75 Å². The lowest BCUT2D eigenvalue weighted by Gasteiger charge is -2.23. The molecule has 0 saturated heterocycles. The monoisotopic (exact) mass is 271 g/mol. The molecule has 2 aromatic rings. The summed E-state index contributed by atoms with van der Waals surface area (Å²) < 4.78 is 5.45. The van der Waals surface area contributed by atoms with Crippen LogP contribution in [0.3, 0.4) is 0 Å². The maximum atomic E-state index is 11.8. The van der Waals surface area contributed by atoms with Crippen LogP contribution in [0.5, 0.6) is 5.75 Å². The van der Waals surface area contributed by atoms with Crippen LogP contribution in [-0.2, 0) is 4.79 Å². The molecule has 3 rings (SSSR count). The zero-order chi connectivity index (χ0) is 14.1. The summed E-state index contributed by atoms with van der Waals surface area (Å²) in [4.78, 5) is 11.8. The van der Waals surface area contributed by atoms with Gasteiger partial charge in [0.15, 0.2) is 5.82 Å². The summed E-state index contributed by atoms with van der Waals surface area (Å²) in [7, 11) is 0. The largest absolute Gasteiger partial charge is 0.494 e. The number of aromatic amines is 1. The lowest BCUT2D eigenvalue weighted by Crippen LogP contribution is -2.23. The zero-order valence-corrected chi connectivity index (χ0v) is 11.6. The Hall–Kier alpha value is -2.30. The maximum Gasteiger partial charge on any atom is 0.226 e. The molecule has 5 heteroatoms. The second-order valence-electron chi connectivity index (χ2n) is 4.92. The minimum atomic E-state index is 0.00267. The van der Waals surface area contributed by atoms with Gasteiger partial charge in [-0.3, -0.25) is 9.89 Å². The smallest absolute Gasteiger partial charge is 0.226 e. The number of H-pyrrole nitrogens is 1. The number of rotatable bonds is 3. The fraction of sp³-hybridized carbons (Fsp3) is 0.333. The first-order chi connectivity index (χ1) is 9.69. The molecule has 104 valence electrons. The van der Waals surface area contributed by atoms with E-state index in [1.807, 2.05) is 38.1 Å². The maximum absolute atomic E-state index is 11.8. The van der Waals surface area contributed by atoms with Gasteiger partial charge < -0.3 is 10.1 Å². The summed E-state index contributed by atoms with van der Waals surface area (Å²) in [5, 5.41) is 9.90. The normalized spacial score (nSPS) is 17.5. The number of anilines is 1. The number of amides is 1. The van der Waals surface area contributed by atoms with E-state index in [1.54, 1.807) is 0 Å². The fourth-order valence-electron chi connectivity index (χ4n) is 2.68. The van der Waals surface area contributed by atoms with Gasteiger partial charge in [-0.25, -0.2) is 0 Å². The molecule has 1 amide bonds. The molecule has 0 saturated carbocycles. The van der Waals surface area contributed by atoms with E-state index in [2.05, 4.69) is 15.5 Å². The molecule has 2 N–H and O–H groups in total. The number of carbonyl (C=O) groups excluding carboxylic acids is 1. The minimum absolute atomic E-state index is 0.00267. The van der Waals surface area contributed by atoms with Crippen molar-refractivity contribution in [2.45, 2.75) is 26.2 Å². The van der Waals surface area contributed by atoms with Crippen LogP contribution in [0, 0.1) is 6.92 Å². The molecule has 1 aliphatic rings. The third kappa shape index (κ3) is 2.15. The molecule has 5 nitrogen and oxygen atoms in total. The van der Waals surface area contributed by atoms with Crippen LogP contribution in [0.4, 0.5) is 5.82 Å². The van der Waals surface area contributed by atoms with Crippen molar-refractivity contribution in [1.29, 1.82) is 0 Å². The van der Waals surface area contributed by atoms with Crippen molar-refractivity contribution in [2.24, 2.45) is 0 Å². The molecule has 0 bridgehead atoms. The predicted molar refractivity (Wildman–Crippen MR) is 76.0 cm³/mol. The van der Waals surface area contributed by atoms with E-state index >= 15 is 0 Å². The molecule has 0 fully saturated rings. The minimum Gasteiger partial charge on any atom is -0.494 e. The second kappa shape index (κ2) is 5.00. The van der Waals surface area contributed by atoms with E-state index in [1.165, 1.54) is 0 Å². The summed E-state index contributed by atoms with van der Waals surface area (Å²) in [5.41, 5.74) is 3.18. The van der Waals surface area contributed by atoms with E-state index in [-0.39, 0.29) is 11.8 Å². The third-order valence-corrected chi connectivity index (χ3v) is 3.58. The molecule has 0 radical (unpaired) electrons. The Morgan fingerprint density at radius 2 is 2.10 bits per heavy atom.